The van der Waals surface area contributed by atoms with Gasteiger partial charge in [-0.15, -0.1) is 0 Å². The standard InChI is InChI=1S/C14H20N2O/c15-16-14(6-3-10-1-2-10)11-4-5-12-8-17-9-13(12)7-11/h4-5,7,10,14,16H,1-3,6,8-9,15H2. The number of ether oxygens (including phenoxy) is 1. The Hall–Kier alpha value is -0.900. The van der Waals surface area contributed by atoms with E-state index in [0.717, 1.165) is 25.6 Å². The number of hydrazine groups is 1. The minimum absolute atomic E-state index is 0.293. The first-order valence-electron chi connectivity index (χ1n) is 6.52. The van der Waals surface area contributed by atoms with Crippen LogP contribution in [0.1, 0.15) is 48.4 Å². The molecule has 0 saturated heterocycles. The Kier molecular flexibility index (Phi) is 3.14. The summed E-state index contributed by atoms with van der Waals surface area (Å²) in [5, 5.41) is 0. The summed E-state index contributed by atoms with van der Waals surface area (Å²) in [5.41, 5.74) is 6.91. The lowest BCUT2D eigenvalue weighted by molar-refractivity contribution is 0.134. The first kappa shape index (κ1) is 11.2. The Morgan fingerprint density at radius 1 is 1.29 bits per heavy atom. The lowest BCUT2D eigenvalue weighted by atomic mass is 9.97. The number of nitrogens with one attached hydrogen (secondary N) is 1. The summed E-state index contributed by atoms with van der Waals surface area (Å²) in [4.78, 5) is 0. The van der Waals surface area contributed by atoms with E-state index in [4.69, 9.17) is 10.6 Å². The molecule has 0 bridgehead atoms. The van der Waals surface area contributed by atoms with Gasteiger partial charge < -0.3 is 4.74 Å². The summed E-state index contributed by atoms with van der Waals surface area (Å²) in [6.45, 7) is 1.52. The summed E-state index contributed by atoms with van der Waals surface area (Å²) in [6, 6.07) is 6.91. The molecule has 2 aliphatic rings. The number of hydrogen-bond donors (Lipinski definition) is 2. The molecule has 1 atom stereocenters. The van der Waals surface area contributed by atoms with E-state index in [9.17, 15) is 0 Å². The molecule has 0 radical (unpaired) electrons. The van der Waals surface area contributed by atoms with Crippen LogP contribution in [0.3, 0.4) is 0 Å². The maximum atomic E-state index is 5.68. The van der Waals surface area contributed by atoms with Crippen LogP contribution in [-0.2, 0) is 18.0 Å². The van der Waals surface area contributed by atoms with Crippen LogP contribution in [0.15, 0.2) is 18.2 Å². The Bertz CT molecular complexity index is 401. The molecule has 1 aliphatic heterocycles. The molecule has 17 heavy (non-hydrogen) atoms. The van der Waals surface area contributed by atoms with E-state index in [1.165, 1.54) is 36.0 Å². The van der Waals surface area contributed by atoms with Crippen LogP contribution in [-0.4, -0.2) is 0 Å². The molecule has 0 aromatic heterocycles. The van der Waals surface area contributed by atoms with Crippen molar-refractivity contribution in [1.82, 2.24) is 5.43 Å². The van der Waals surface area contributed by atoms with Gasteiger partial charge >= 0.3 is 0 Å². The minimum atomic E-state index is 0.293. The third-order valence-corrected chi connectivity index (χ3v) is 3.91. The van der Waals surface area contributed by atoms with Crippen molar-refractivity contribution in [3.05, 3.63) is 34.9 Å². The molecule has 1 aromatic rings. The average Bonchev–Trinajstić information content (AvgIpc) is 3.06. The molecule has 3 rings (SSSR count). The highest BCUT2D eigenvalue weighted by Gasteiger charge is 2.23. The first-order chi connectivity index (χ1) is 8.36. The maximum Gasteiger partial charge on any atom is 0.0725 e. The summed E-state index contributed by atoms with van der Waals surface area (Å²) in [7, 11) is 0. The molecule has 1 unspecified atom stereocenters. The van der Waals surface area contributed by atoms with Crippen LogP contribution in [0.25, 0.3) is 0 Å². The second-order valence-electron chi connectivity index (χ2n) is 5.26. The van der Waals surface area contributed by atoms with Gasteiger partial charge in [0.1, 0.15) is 0 Å². The third-order valence-electron chi connectivity index (χ3n) is 3.91. The van der Waals surface area contributed by atoms with Gasteiger partial charge in [0, 0.05) is 6.04 Å². The van der Waals surface area contributed by atoms with Crippen LogP contribution in [0.4, 0.5) is 0 Å². The van der Waals surface area contributed by atoms with Crippen molar-refractivity contribution in [2.45, 2.75) is 44.9 Å². The van der Waals surface area contributed by atoms with Crippen LogP contribution in [0, 0.1) is 5.92 Å². The molecule has 1 aliphatic carbocycles. The van der Waals surface area contributed by atoms with Crippen molar-refractivity contribution in [1.29, 1.82) is 0 Å². The van der Waals surface area contributed by atoms with Gasteiger partial charge in [0.2, 0.25) is 0 Å². The van der Waals surface area contributed by atoms with E-state index in [0.29, 0.717) is 6.04 Å². The minimum Gasteiger partial charge on any atom is -0.372 e. The van der Waals surface area contributed by atoms with Gasteiger partial charge in [0.25, 0.3) is 0 Å². The molecule has 0 amide bonds. The highest BCUT2D eigenvalue weighted by Crippen LogP contribution is 2.36. The fourth-order valence-electron chi connectivity index (χ4n) is 2.56. The Morgan fingerprint density at radius 2 is 2.12 bits per heavy atom. The van der Waals surface area contributed by atoms with E-state index in [-0.39, 0.29) is 0 Å². The van der Waals surface area contributed by atoms with Crippen LogP contribution in [0.2, 0.25) is 0 Å². The molecule has 3 nitrogen and oxygen atoms in total. The van der Waals surface area contributed by atoms with Crippen molar-refractivity contribution in [2.75, 3.05) is 0 Å². The zero-order valence-corrected chi connectivity index (χ0v) is 10.1. The zero-order valence-electron chi connectivity index (χ0n) is 10.1. The van der Waals surface area contributed by atoms with E-state index in [1.807, 2.05) is 0 Å². The van der Waals surface area contributed by atoms with Crippen molar-refractivity contribution < 1.29 is 4.74 Å². The van der Waals surface area contributed by atoms with Crippen LogP contribution >= 0.6 is 0 Å². The smallest absolute Gasteiger partial charge is 0.0725 e. The Morgan fingerprint density at radius 3 is 2.88 bits per heavy atom. The molecule has 1 fully saturated rings. The highest BCUT2D eigenvalue weighted by molar-refractivity contribution is 5.34. The zero-order chi connectivity index (χ0) is 11.7. The largest absolute Gasteiger partial charge is 0.372 e. The average molecular weight is 232 g/mol. The van der Waals surface area contributed by atoms with Gasteiger partial charge in [0.05, 0.1) is 13.2 Å². The third kappa shape index (κ3) is 2.51. The second-order valence-corrected chi connectivity index (χ2v) is 5.26. The summed E-state index contributed by atoms with van der Waals surface area (Å²) in [5.74, 6) is 6.64. The molecule has 1 heterocycles. The first-order valence-corrected chi connectivity index (χ1v) is 6.52. The molecule has 1 saturated carbocycles. The highest BCUT2D eigenvalue weighted by atomic mass is 16.5. The fourth-order valence-corrected chi connectivity index (χ4v) is 2.56. The normalized spacial score (nSPS) is 20.3. The van der Waals surface area contributed by atoms with Gasteiger partial charge in [-0.3, -0.25) is 11.3 Å². The van der Waals surface area contributed by atoms with E-state index < -0.39 is 0 Å². The van der Waals surface area contributed by atoms with Crippen molar-refractivity contribution in [3.63, 3.8) is 0 Å². The van der Waals surface area contributed by atoms with Gasteiger partial charge in [-0.2, -0.15) is 0 Å². The predicted octanol–water partition coefficient (Wildman–Crippen LogP) is 2.41. The molecule has 3 heteroatoms. The second kappa shape index (κ2) is 4.77. The van der Waals surface area contributed by atoms with E-state index in [2.05, 4.69) is 23.6 Å². The topological polar surface area (TPSA) is 47.3 Å². The van der Waals surface area contributed by atoms with Gasteiger partial charge in [0.15, 0.2) is 0 Å². The van der Waals surface area contributed by atoms with Gasteiger partial charge in [-0.25, -0.2) is 0 Å². The SMILES string of the molecule is NNC(CCC1CC1)c1ccc2c(c1)COC2. The van der Waals surface area contributed by atoms with E-state index >= 15 is 0 Å². The van der Waals surface area contributed by atoms with Crippen molar-refractivity contribution >= 4 is 0 Å². The lowest BCUT2D eigenvalue weighted by Crippen LogP contribution is -2.28. The van der Waals surface area contributed by atoms with Crippen molar-refractivity contribution in [3.8, 4) is 0 Å². The summed E-state index contributed by atoms with van der Waals surface area (Å²) >= 11 is 0. The van der Waals surface area contributed by atoms with Gasteiger partial charge in [-0.1, -0.05) is 31.0 Å². The van der Waals surface area contributed by atoms with E-state index in [1.54, 1.807) is 0 Å². The molecular formula is C14H20N2O. The lowest BCUT2D eigenvalue weighted by Gasteiger charge is -2.17. The van der Waals surface area contributed by atoms with Crippen LogP contribution in [0.5, 0.6) is 0 Å². The number of benzene rings is 1. The number of fused-ring (bicyclic) bond motifs is 1. The fraction of sp³-hybridized carbons (Fsp3) is 0.571. The Labute approximate surface area is 102 Å². The maximum absolute atomic E-state index is 5.68. The number of nitrogens with two attached hydrogens (primary N) is 1. The Balaban J connectivity index is 1.71. The van der Waals surface area contributed by atoms with Gasteiger partial charge in [-0.05, 0) is 35.4 Å². The van der Waals surface area contributed by atoms with Crippen LogP contribution < -0.4 is 11.3 Å². The molecule has 92 valence electrons. The summed E-state index contributed by atoms with van der Waals surface area (Å²) in [6.07, 6.45) is 5.26. The summed E-state index contributed by atoms with van der Waals surface area (Å²) < 4.78 is 5.44. The monoisotopic (exact) mass is 232 g/mol. The molecular weight excluding hydrogens is 212 g/mol. The number of hydrogen-bond acceptors (Lipinski definition) is 3. The van der Waals surface area contributed by atoms with Crippen molar-refractivity contribution in [2.24, 2.45) is 11.8 Å². The molecule has 1 aromatic carbocycles. The number of rotatable bonds is 5. The molecule has 0 spiro atoms. The molecule has 3 N–H and O–H groups in total. The quantitative estimate of drug-likeness (QED) is 0.605. The predicted molar refractivity (Wildman–Crippen MR) is 67.0 cm³/mol.